The number of nitrogens with one attached hydrogen (secondary N) is 2. The number of likely N-dealkylation sites (tertiary alicyclic amines) is 1. The molecule has 2 bridgehead atoms. The Hall–Kier alpha value is -3.44. The number of rotatable bonds is 9. The number of hydrogen-bond donors (Lipinski definition) is 2. The lowest BCUT2D eigenvalue weighted by Crippen LogP contribution is -2.58. The summed E-state index contributed by atoms with van der Waals surface area (Å²) in [5.74, 6) is 0.000938. The summed E-state index contributed by atoms with van der Waals surface area (Å²) in [6.45, 7) is 4.43. The second-order valence-corrected chi connectivity index (χ2v) is 11.3. The van der Waals surface area contributed by atoms with Crippen molar-refractivity contribution in [3.8, 4) is 11.5 Å². The van der Waals surface area contributed by atoms with Crippen molar-refractivity contribution in [1.29, 1.82) is 0 Å². The van der Waals surface area contributed by atoms with Gasteiger partial charge in [-0.15, -0.1) is 0 Å². The Morgan fingerprint density at radius 2 is 1.88 bits per heavy atom. The average Bonchev–Trinajstić information content (AvgIpc) is 3.28. The van der Waals surface area contributed by atoms with Crippen molar-refractivity contribution >= 4 is 29.6 Å². The van der Waals surface area contributed by atoms with Crippen LogP contribution in [-0.2, 0) is 19.2 Å². The molecule has 1 fully saturated rings. The molecular formula is C29H43N5O6. The van der Waals surface area contributed by atoms with E-state index in [0.717, 1.165) is 0 Å². The molecule has 11 nitrogen and oxygen atoms in total. The summed E-state index contributed by atoms with van der Waals surface area (Å²) in [6, 6.07) is 2.73. The molecule has 1 saturated heterocycles. The van der Waals surface area contributed by atoms with Gasteiger partial charge < -0.3 is 29.9 Å². The van der Waals surface area contributed by atoms with Crippen LogP contribution in [0.3, 0.4) is 0 Å². The molecule has 4 atom stereocenters. The highest BCUT2D eigenvalue weighted by molar-refractivity contribution is 5.96. The molecular weight excluding hydrogens is 514 g/mol. The van der Waals surface area contributed by atoms with E-state index in [1.807, 2.05) is 13.8 Å². The summed E-state index contributed by atoms with van der Waals surface area (Å²) >= 11 is 0. The number of carbonyl (C=O) groups excluding carboxylic acids is 4. The maximum Gasteiger partial charge on any atom is 0.247 e. The largest absolute Gasteiger partial charge is 0.496 e. The topological polar surface area (TPSA) is 121 Å². The van der Waals surface area contributed by atoms with Gasteiger partial charge in [-0.2, -0.15) is 0 Å². The maximum absolute atomic E-state index is 13.9. The third-order valence-corrected chi connectivity index (χ3v) is 7.03. The molecule has 2 aliphatic heterocycles. The molecule has 0 aromatic heterocycles. The normalized spacial score (nSPS) is 22.1. The van der Waals surface area contributed by atoms with E-state index in [4.69, 9.17) is 9.47 Å². The second kappa shape index (κ2) is 13.8. The predicted molar refractivity (Wildman–Crippen MR) is 152 cm³/mol. The van der Waals surface area contributed by atoms with E-state index in [0.29, 0.717) is 29.9 Å². The van der Waals surface area contributed by atoms with Crippen LogP contribution in [0.2, 0.25) is 0 Å². The molecule has 2 N–H and O–H groups in total. The van der Waals surface area contributed by atoms with Crippen LogP contribution in [0.15, 0.2) is 24.4 Å². The number of hydrogen-bond acceptors (Lipinski definition) is 8. The smallest absolute Gasteiger partial charge is 0.247 e. The van der Waals surface area contributed by atoms with Gasteiger partial charge in [-0.3, -0.25) is 24.1 Å². The van der Waals surface area contributed by atoms with E-state index < -0.39 is 30.1 Å². The molecule has 2 heterocycles. The van der Waals surface area contributed by atoms with Crippen LogP contribution in [-0.4, -0.2) is 111 Å². The van der Waals surface area contributed by atoms with Gasteiger partial charge in [0, 0.05) is 31.1 Å². The number of benzene rings is 1. The van der Waals surface area contributed by atoms with Gasteiger partial charge in [0.1, 0.15) is 35.5 Å². The van der Waals surface area contributed by atoms with Gasteiger partial charge in [0.05, 0.1) is 19.7 Å². The fourth-order valence-electron chi connectivity index (χ4n) is 5.13. The van der Waals surface area contributed by atoms with Crippen LogP contribution in [0, 0.1) is 5.92 Å². The van der Waals surface area contributed by atoms with E-state index >= 15 is 0 Å². The molecule has 0 radical (unpaired) electrons. The quantitative estimate of drug-likeness (QED) is 0.464. The minimum Gasteiger partial charge on any atom is -0.496 e. The third-order valence-electron chi connectivity index (χ3n) is 7.03. The minimum atomic E-state index is -0.986. The molecule has 3 amide bonds. The molecule has 11 heteroatoms. The lowest BCUT2D eigenvalue weighted by Gasteiger charge is -2.33. The summed E-state index contributed by atoms with van der Waals surface area (Å²) in [6.07, 6.45) is 3.42. The van der Waals surface area contributed by atoms with Gasteiger partial charge in [-0.25, -0.2) is 0 Å². The molecule has 3 rings (SSSR count). The van der Waals surface area contributed by atoms with E-state index in [-0.39, 0.29) is 43.0 Å². The Balaban J connectivity index is 1.99. The Morgan fingerprint density at radius 3 is 2.50 bits per heavy atom. The molecule has 40 heavy (non-hydrogen) atoms. The number of methoxy groups -OCH3 is 1. The van der Waals surface area contributed by atoms with Crippen LogP contribution in [0.5, 0.6) is 11.5 Å². The average molecular weight is 558 g/mol. The number of ketones is 1. The van der Waals surface area contributed by atoms with Crippen molar-refractivity contribution in [3.05, 3.63) is 30.0 Å². The zero-order valence-electron chi connectivity index (χ0n) is 24.6. The van der Waals surface area contributed by atoms with E-state index in [2.05, 4.69) is 10.6 Å². The van der Waals surface area contributed by atoms with Crippen LogP contribution >= 0.6 is 0 Å². The van der Waals surface area contributed by atoms with Gasteiger partial charge in [-0.05, 0) is 64.8 Å². The fraction of sp³-hybridized carbons (Fsp3) is 0.586. The van der Waals surface area contributed by atoms with Crippen molar-refractivity contribution in [1.82, 2.24) is 25.3 Å². The van der Waals surface area contributed by atoms with Crippen LogP contribution < -0.4 is 20.1 Å². The van der Waals surface area contributed by atoms with E-state index in [1.54, 1.807) is 69.4 Å². The number of amides is 3. The zero-order chi connectivity index (χ0) is 29.6. The third kappa shape index (κ3) is 7.82. The number of likely N-dealkylation sites (N-methyl/N-ethyl adjacent to an activating group) is 2. The van der Waals surface area contributed by atoms with E-state index in [1.165, 1.54) is 11.1 Å². The van der Waals surface area contributed by atoms with Crippen molar-refractivity contribution in [3.63, 3.8) is 0 Å². The van der Waals surface area contributed by atoms with Gasteiger partial charge in [0.25, 0.3) is 0 Å². The van der Waals surface area contributed by atoms with Gasteiger partial charge in [0.2, 0.25) is 17.7 Å². The zero-order valence-corrected chi connectivity index (χ0v) is 24.6. The number of Topliss-reactive ketones (excluding diaryl/α,β-unsaturated/α-hetero) is 1. The summed E-state index contributed by atoms with van der Waals surface area (Å²) in [7, 11) is 8.65. The highest BCUT2D eigenvalue weighted by atomic mass is 16.5. The van der Waals surface area contributed by atoms with Gasteiger partial charge >= 0.3 is 0 Å². The summed E-state index contributed by atoms with van der Waals surface area (Å²) < 4.78 is 11.8. The summed E-state index contributed by atoms with van der Waals surface area (Å²) in [5.41, 5.74) is 0.689. The first kappa shape index (κ1) is 31.1. The van der Waals surface area contributed by atoms with E-state index in [9.17, 15) is 19.2 Å². The minimum absolute atomic E-state index is 0.0201. The Kier molecular flexibility index (Phi) is 10.7. The number of ether oxygens (including phenoxy) is 2. The van der Waals surface area contributed by atoms with Crippen molar-refractivity contribution in [2.75, 3.05) is 48.4 Å². The molecule has 4 unspecified atom stereocenters. The van der Waals surface area contributed by atoms with Crippen molar-refractivity contribution in [2.45, 2.75) is 57.3 Å². The number of nitrogens with zero attached hydrogens (tertiary/aromatic N) is 3. The first-order valence-electron chi connectivity index (χ1n) is 13.7. The first-order valence-corrected chi connectivity index (χ1v) is 13.7. The number of fused-ring (bicyclic) bond motifs is 3. The van der Waals surface area contributed by atoms with Crippen LogP contribution in [0.4, 0.5) is 0 Å². The molecule has 0 spiro atoms. The first-order chi connectivity index (χ1) is 18.9. The van der Waals surface area contributed by atoms with Crippen LogP contribution in [0.1, 0.15) is 38.7 Å². The van der Waals surface area contributed by atoms with Gasteiger partial charge in [0.15, 0.2) is 0 Å². The predicted octanol–water partition coefficient (Wildman–Crippen LogP) is 1.13. The standard InChI is InChI=1S/C29H43N5O6/c1-18(2)14-22-27(36)30-12-10-19-15-21(8-9-24(19)39-7)40-25-11-13-34(26(25)28(37)31-22)29(38)23(33(5)6)16-20(35)17-32(3)4/h8-10,12,15,18,22-23,25-26H,11,13-14,16-17H2,1-7H3,(H,30,36)(H,31,37). The Labute approximate surface area is 236 Å². The maximum atomic E-state index is 13.9. The molecule has 220 valence electrons. The number of carbonyl (C=O) groups is 4. The fourth-order valence-corrected chi connectivity index (χ4v) is 5.13. The van der Waals surface area contributed by atoms with Crippen molar-refractivity contribution < 1.29 is 28.7 Å². The summed E-state index contributed by atoms with van der Waals surface area (Å²) in [5, 5.41) is 5.65. The molecule has 0 aliphatic carbocycles. The lowest BCUT2D eigenvalue weighted by molar-refractivity contribution is -0.145. The molecule has 1 aromatic rings. The monoisotopic (exact) mass is 557 g/mol. The van der Waals surface area contributed by atoms with Crippen molar-refractivity contribution in [2.24, 2.45) is 5.92 Å². The molecule has 1 aromatic carbocycles. The molecule has 2 aliphatic rings. The Morgan fingerprint density at radius 1 is 1.15 bits per heavy atom. The van der Waals surface area contributed by atoms with Gasteiger partial charge in [-0.1, -0.05) is 13.8 Å². The Bertz CT molecular complexity index is 1120. The highest BCUT2D eigenvalue weighted by Gasteiger charge is 2.46. The lowest BCUT2D eigenvalue weighted by atomic mass is 10.0. The molecule has 0 saturated carbocycles. The summed E-state index contributed by atoms with van der Waals surface area (Å²) in [4.78, 5) is 58.5. The second-order valence-electron chi connectivity index (χ2n) is 11.3. The van der Waals surface area contributed by atoms with Crippen LogP contribution in [0.25, 0.3) is 6.08 Å². The SMILES string of the molecule is COc1ccc2cc1C=CNC(=O)C(CC(C)C)NC(=O)C1C(CCN1C(=O)C(CC(=O)CN(C)C)N(C)C)O2. The highest BCUT2D eigenvalue weighted by Crippen LogP contribution is 2.30.